The molecule has 2 rings (SSSR count). The van der Waals surface area contributed by atoms with Crippen LogP contribution in [-0.4, -0.2) is 32.8 Å². The van der Waals surface area contributed by atoms with Gasteiger partial charge in [0.05, 0.1) is 10.5 Å². The fraction of sp³-hybridized carbons (Fsp3) is 0.250. The van der Waals surface area contributed by atoms with E-state index in [0.29, 0.717) is 11.8 Å². The Labute approximate surface area is 162 Å². The zero-order valence-electron chi connectivity index (χ0n) is 15.6. The molecule has 28 heavy (non-hydrogen) atoms. The Balaban J connectivity index is 2.48. The molecule has 0 fully saturated rings. The largest absolute Gasteiger partial charge is 0.417 e. The SMILES string of the molecule is CC(C)N(C(=O)/C=C(/c1ccccc1)C(F)(F)F)c1ccc(S(C)(=O)=O)cc1. The maximum Gasteiger partial charge on any atom is 0.417 e. The quantitative estimate of drug-likeness (QED) is 0.682. The molecule has 0 atom stereocenters. The number of rotatable bonds is 5. The Morgan fingerprint density at radius 2 is 1.54 bits per heavy atom. The number of hydrogen-bond acceptors (Lipinski definition) is 3. The van der Waals surface area contributed by atoms with Crippen molar-refractivity contribution in [1.82, 2.24) is 0 Å². The molecule has 0 aromatic heterocycles. The number of alkyl halides is 3. The second-order valence-corrected chi connectivity index (χ2v) is 8.51. The first-order valence-corrected chi connectivity index (χ1v) is 10.3. The highest BCUT2D eigenvalue weighted by Gasteiger charge is 2.36. The highest BCUT2D eigenvalue weighted by atomic mass is 32.2. The fourth-order valence-electron chi connectivity index (χ4n) is 2.67. The third kappa shape index (κ3) is 5.22. The first-order valence-electron chi connectivity index (χ1n) is 8.39. The molecular formula is C20H20F3NO3S. The van der Waals surface area contributed by atoms with E-state index in [1.807, 2.05) is 0 Å². The summed E-state index contributed by atoms with van der Waals surface area (Å²) < 4.78 is 63.7. The summed E-state index contributed by atoms with van der Waals surface area (Å²) in [6.07, 6.45) is -3.09. The van der Waals surface area contributed by atoms with Crippen molar-refractivity contribution in [3.05, 3.63) is 66.2 Å². The molecule has 2 aromatic rings. The van der Waals surface area contributed by atoms with Gasteiger partial charge in [-0.1, -0.05) is 30.3 Å². The summed E-state index contributed by atoms with van der Waals surface area (Å²) in [7, 11) is -3.42. The van der Waals surface area contributed by atoms with Crippen LogP contribution in [0.25, 0.3) is 5.57 Å². The molecule has 150 valence electrons. The van der Waals surface area contributed by atoms with Crippen LogP contribution in [0.1, 0.15) is 19.4 Å². The molecule has 0 saturated carbocycles. The first-order chi connectivity index (χ1) is 12.9. The summed E-state index contributed by atoms with van der Waals surface area (Å²) in [4.78, 5) is 14.0. The predicted octanol–water partition coefficient (Wildman–Crippen LogP) is 4.48. The van der Waals surface area contributed by atoms with Gasteiger partial charge in [0, 0.05) is 24.1 Å². The van der Waals surface area contributed by atoms with E-state index in [2.05, 4.69) is 0 Å². The van der Waals surface area contributed by atoms with Crippen LogP contribution in [0, 0.1) is 0 Å². The van der Waals surface area contributed by atoms with Crippen molar-refractivity contribution in [3.63, 3.8) is 0 Å². The van der Waals surface area contributed by atoms with Gasteiger partial charge in [-0.3, -0.25) is 4.79 Å². The molecule has 2 aromatic carbocycles. The molecule has 0 aliphatic carbocycles. The van der Waals surface area contributed by atoms with Gasteiger partial charge < -0.3 is 4.90 Å². The molecule has 0 heterocycles. The molecule has 4 nitrogen and oxygen atoms in total. The maximum absolute atomic E-state index is 13.5. The number of hydrogen-bond donors (Lipinski definition) is 0. The van der Waals surface area contributed by atoms with Gasteiger partial charge in [-0.25, -0.2) is 8.42 Å². The van der Waals surface area contributed by atoms with Crippen molar-refractivity contribution in [1.29, 1.82) is 0 Å². The number of nitrogens with zero attached hydrogens (tertiary/aromatic N) is 1. The topological polar surface area (TPSA) is 54.5 Å². The van der Waals surface area contributed by atoms with E-state index in [0.717, 1.165) is 6.26 Å². The smallest absolute Gasteiger partial charge is 0.306 e. The Kier molecular flexibility index (Phi) is 6.34. The summed E-state index contributed by atoms with van der Waals surface area (Å²) in [5.41, 5.74) is -0.853. The number of halogens is 3. The zero-order valence-corrected chi connectivity index (χ0v) is 16.4. The molecule has 0 aliphatic rings. The van der Waals surface area contributed by atoms with E-state index < -0.39 is 33.5 Å². The maximum atomic E-state index is 13.5. The number of carbonyl (C=O) groups is 1. The van der Waals surface area contributed by atoms with Crippen molar-refractivity contribution < 1.29 is 26.4 Å². The monoisotopic (exact) mass is 411 g/mol. The standard InChI is InChI=1S/C20H20F3NO3S/c1-14(2)24(16-9-11-17(12-10-16)28(3,26)27)19(25)13-18(20(21,22)23)15-7-5-4-6-8-15/h4-14H,1-3H3/b18-13-. The molecule has 0 N–H and O–H groups in total. The molecular weight excluding hydrogens is 391 g/mol. The zero-order chi connectivity index (χ0) is 21.1. The molecule has 0 radical (unpaired) electrons. The molecule has 0 unspecified atom stereocenters. The van der Waals surface area contributed by atoms with Gasteiger partial charge in [0.15, 0.2) is 9.84 Å². The average molecular weight is 411 g/mol. The number of amides is 1. The van der Waals surface area contributed by atoms with E-state index in [1.165, 1.54) is 53.4 Å². The number of carbonyl (C=O) groups excluding carboxylic acids is 1. The lowest BCUT2D eigenvalue weighted by molar-refractivity contribution is -0.115. The number of benzene rings is 2. The van der Waals surface area contributed by atoms with Crippen LogP contribution < -0.4 is 4.90 Å². The number of sulfone groups is 1. The summed E-state index contributed by atoms with van der Waals surface area (Å²) in [6.45, 7) is 3.32. The van der Waals surface area contributed by atoms with Crippen molar-refractivity contribution in [3.8, 4) is 0 Å². The number of anilines is 1. The minimum atomic E-state index is -4.71. The van der Waals surface area contributed by atoms with Gasteiger partial charge in [-0.2, -0.15) is 13.2 Å². The van der Waals surface area contributed by atoms with Crippen molar-refractivity contribution >= 4 is 27.0 Å². The summed E-state index contributed by atoms with van der Waals surface area (Å²) in [5.74, 6) is -0.849. The Morgan fingerprint density at radius 3 is 1.96 bits per heavy atom. The van der Waals surface area contributed by atoms with Gasteiger partial charge in [0.1, 0.15) is 0 Å². The Morgan fingerprint density at radius 1 is 1.00 bits per heavy atom. The average Bonchev–Trinajstić information content (AvgIpc) is 2.59. The van der Waals surface area contributed by atoms with Crippen molar-refractivity contribution in [2.45, 2.75) is 31.0 Å². The fourth-order valence-corrected chi connectivity index (χ4v) is 3.30. The normalized spacial score (nSPS) is 12.9. The van der Waals surface area contributed by atoms with Crippen LogP contribution in [0.3, 0.4) is 0 Å². The van der Waals surface area contributed by atoms with Crippen LogP contribution >= 0.6 is 0 Å². The Hall–Kier alpha value is -2.61. The lowest BCUT2D eigenvalue weighted by atomic mass is 10.0. The predicted molar refractivity (Wildman–Crippen MR) is 103 cm³/mol. The number of allylic oxidation sites excluding steroid dienone is 1. The van der Waals surface area contributed by atoms with E-state index in [-0.39, 0.29) is 10.5 Å². The van der Waals surface area contributed by atoms with Crippen LogP contribution in [0.5, 0.6) is 0 Å². The minimum Gasteiger partial charge on any atom is -0.306 e. The van der Waals surface area contributed by atoms with Crippen LogP contribution in [-0.2, 0) is 14.6 Å². The molecule has 0 aliphatic heterocycles. The second kappa shape index (κ2) is 8.18. The van der Waals surface area contributed by atoms with Gasteiger partial charge >= 0.3 is 6.18 Å². The summed E-state index contributed by atoms with van der Waals surface area (Å²) >= 11 is 0. The molecule has 0 spiro atoms. The van der Waals surface area contributed by atoms with Gasteiger partial charge in [-0.05, 0) is 43.7 Å². The third-order valence-electron chi connectivity index (χ3n) is 3.95. The van der Waals surface area contributed by atoms with Crippen molar-refractivity contribution in [2.75, 3.05) is 11.2 Å². The molecule has 1 amide bonds. The van der Waals surface area contributed by atoms with E-state index >= 15 is 0 Å². The van der Waals surface area contributed by atoms with Gasteiger partial charge in [0.25, 0.3) is 5.91 Å². The highest BCUT2D eigenvalue weighted by Crippen LogP contribution is 2.34. The minimum absolute atomic E-state index is 0.0585. The third-order valence-corrected chi connectivity index (χ3v) is 5.08. The first kappa shape index (κ1) is 21.7. The molecule has 0 bridgehead atoms. The van der Waals surface area contributed by atoms with Crippen LogP contribution in [0.15, 0.2) is 65.6 Å². The van der Waals surface area contributed by atoms with E-state index in [9.17, 15) is 26.4 Å². The lowest BCUT2D eigenvalue weighted by Gasteiger charge is -2.26. The van der Waals surface area contributed by atoms with Crippen LogP contribution in [0.4, 0.5) is 18.9 Å². The summed E-state index contributed by atoms with van der Waals surface area (Å²) in [5, 5.41) is 0. The highest BCUT2D eigenvalue weighted by molar-refractivity contribution is 7.90. The van der Waals surface area contributed by atoms with E-state index in [1.54, 1.807) is 19.9 Å². The molecule has 0 saturated heterocycles. The Bertz CT molecular complexity index is 964. The van der Waals surface area contributed by atoms with Gasteiger partial charge in [-0.15, -0.1) is 0 Å². The summed E-state index contributed by atoms with van der Waals surface area (Å²) in [6, 6.07) is 12.1. The second-order valence-electron chi connectivity index (χ2n) is 6.49. The van der Waals surface area contributed by atoms with Crippen molar-refractivity contribution in [2.24, 2.45) is 0 Å². The van der Waals surface area contributed by atoms with Crippen LogP contribution in [0.2, 0.25) is 0 Å². The lowest BCUT2D eigenvalue weighted by Crippen LogP contribution is -2.36. The molecule has 8 heteroatoms. The van der Waals surface area contributed by atoms with Gasteiger partial charge in [0.2, 0.25) is 0 Å². The van der Waals surface area contributed by atoms with E-state index in [4.69, 9.17) is 0 Å².